The molecule has 0 fully saturated rings. The van der Waals surface area contributed by atoms with Gasteiger partial charge in [0.25, 0.3) is 11.2 Å². The molecule has 1 heterocycles. The summed E-state index contributed by atoms with van der Waals surface area (Å²) in [5.41, 5.74) is 1.82. The highest BCUT2D eigenvalue weighted by molar-refractivity contribution is 14.1. The van der Waals surface area contributed by atoms with Crippen LogP contribution in [0, 0.1) is 13.7 Å². The summed E-state index contributed by atoms with van der Waals surface area (Å²) >= 11 is 2.15. The van der Waals surface area contributed by atoms with Crippen molar-refractivity contribution < 1.29 is 4.92 Å². The lowest BCUT2D eigenvalue weighted by molar-refractivity contribution is -0.384. The van der Waals surface area contributed by atoms with Gasteiger partial charge in [0, 0.05) is 15.7 Å². The number of hydrogen-bond donors (Lipinski definition) is 0. The molecule has 0 aliphatic rings. The zero-order valence-electron chi connectivity index (χ0n) is 15.0. The Bertz CT molecular complexity index is 1300. The number of benzene rings is 3. The summed E-state index contributed by atoms with van der Waals surface area (Å²) in [6.07, 6.45) is 3.65. The normalized spacial score (nSPS) is 11.2. The van der Waals surface area contributed by atoms with Crippen molar-refractivity contribution in [3.63, 3.8) is 0 Å². The molecule has 4 aromatic rings. The third-order valence-corrected chi connectivity index (χ3v) is 5.07. The molecular formula is C22H14IN3O3. The van der Waals surface area contributed by atoms with Crippen molar-refractivity contribution in [2.24, 2.45) is 0 Å². The fourth-order valence-corrected chi connectivity index (χ4v) is 3.49. The predicted molar refractivity (Wildman–Crippen MR) is 122 cm³/mol. The Morgan fingerprint density at radius 1 is 0.966 bits per heavy atom. The highest BCUT2D eigenvalue weighted by Crippen LogP contribution is 2.19. The van der Waals surface area contributed by atoms with Crippen LogP contribution in [0.15, 0.2) is 77.6 Å². The molecule has 0 unspecified atom stereocenters. The fourth-order valence-electron chi connectivity index (χ4n) is 2.99. The highest BCUT2D eigenvalue weighted by Gasteiger charge is 2.13. The molecule has 0 aliphatic carbocycles. The van der Waals surface area contributed by atoms with Gasteiger partial charge < -0.3 is 0 Å². The Morgan fingerprint density at radius 3 is 2.38 bits per heavy atom. The standard InChI is InChI=1S/C22H14IN3O3/c23-16-7-12-20-19(14-16)22(27)25(17-8-10-18(11-9-17)26(28)29)21(24-20)13-6-15-4-2-1-3-5-15/h1-14H/b13-6+. The van der Waals surface area contributed by atoms with Gasteiger partial charge in [-0.2, -0.15) is 0 Å². The zero-order chi connectivity index (χ0) is 20.4. The number of halogens is 1. The second-order valence-electron chi connectivity index (χ2n) is 6.29. The van der Waals surface area contributed by atoms with Gasteiger partial charge in [-0.05, 0) is 64.6 Å². The molecule has 0 N–H and O–H groups in total. The minimum atomic E-state index is -0.468. The van der Waals surface area contributed by atoms with Crippen molar-refractivity contribution in [2.75, 3.05) is 0 Å². The Hall–Kier alpha value is -3.33. The van der Waals surface area contributed by atoms with Crippen LogP contribution in [0.3, 0.4) is 0 Å². The van der Waals surface area contributed by atoms with Gasteiger partial charge in [0.15, 0.2) is 0 Å². The Labute approximate surface area is 179 Å². The molecule has 142 valence electrons. The van der Waals surface area contributed by atoms with E-state index in [0.29, 0.717) is 22.4 Å². The molecule has 0 radical (unpaired) electrons. The lowest BCUT2D eigenvalue weighted by atomic mass is 10.2. The number of aromatic nitrogens is 2. The average molecular weight is 495 g/mol. The van der Waals surface area contributed by atoms with Crippen LogP contribution in [0.1, 0.15) is 11.4 Å². The molecule has 7 heteroatoms. The monoisotopic (exact) mass is 495 g/mol. The lowest BCUT2D eigenvalue weighted by Crippen LogP contribution is -2.22. The van der Waals surface area contributed by atoms with Crippen LogP contribution in [-0.2, 0) is 0 Å². The molecule has 1 aromatic heterocycles. The minimum Gasteiger partial charge on any atom is -0.268 e. The smallest absolute Gasteiger partial charge is 0.268 e. The first-order valence-electron chi connectivity index (χ1n) is 8.73. The van der Waals surface area contributed by atoms with E-state index in [1.54, 1.807) is 24.3 Å². The van der Waals surface area contributed by atoms with E-state index in [4.69, 9.17) is 0 Å². The van der Waals surface area contributed by atoms with E-state index in [0.717, 1.165) is 9.13 Å². The minimum absolute atomic E-state index is 0.0357. The van der Waals surface area contributed by atoms with Crippen molar-refractivity contribution >= 4 is 51.3 Å². The second-order valence-corrected chi connectivity index (χ2v) is 7.54. The van der Waals surface area contributed by atoms with Gasteiger partial charge in [0.2, 0.25) is 0 Å². The molecule has 4 rings (SSSR count). The van der Waals surface area contributed by atoms with Gasteiger partial charge in [-0.15, -0.1) is 0 Å². The van der Waals surface area contributed by atoms with Crippen molar-refractivity contribution in [3.8, 4) is 5.69 Å². The molecule has 0 spiro atoms. The molecule has 0 atom stereocenters. The zero-order valence-corrected chi connectivity index (χ0v) is 17.2. The Kier molecular flexibility index (Phi) is 5.22. The number of nitrogens with zero attached hydrogens (tertiary/aromatic N) is 3. The first kappa shape index (κ1) is 19.0. The molecule has 0 amide bonds. The van der Waals surface area contributed by atoms with Crippen LogP contribution in [-0.4, -0.2) is 14.5 Å². The van der Waals surface area contributed by atoms with Gasteiger partial charge in [-0.3, -0.25) is 19.5 Å². The number of nitro benzene ring substituents is 1. The molecule has 3 aromatic carbocycles. The van der Waals surface area contributed by atoms with Crippen LogP contribution in [0.4, 0.5) is 5.69 Å². The van der Waals surface area contributed by atoms with Crippen LogP contribution in [0.5, 0.6) is 0 Å². The largest absolute Gasteiger partial charge is 0.269 e. The number of nitro groups is 1. The van der Waals surface area contributed by atoms with Gasteiger partial charge in [0.1, 0.15) is 5.82 Å². The first-order chi connectivity index (χ1) is 14.0. The van der Waals surface area contributed by atoms with Crippen molar-refractivity contribution in [2.45, 2.75) is 0 Å². The van der Waals surface area contributed by atoms with Gasteiger partial charge >= 0.3 is 0 Å². The fraction of sp³-hybridized carbons (Fsp3) is 0. The second kappa shape index (κ2) is 7.96. The van der Waals surface area contributed by atoms with E-state index in [1.165, 1.54) is 16.7 Å². The van der Waals surface area contributed by atoms with E-state index in [9.17, 15) is 14.9 Å². The van der Waals surface area contributed by atoms with E-state index < -0.39 is 4.92 Å². The van der Waals surface area contributed by atoms with Crippen LogP contribution in [0.25, 0.3) is 28.7 Å². The molecule has 0 saturated carbocycles. The third kappa shape index (κ3) is 3.95. The molecule has 0 bridgehead atoms. The summed E-state index contributed by atoms with van der Waals surface area (Å²) in [7, 11) is 0. The third-order valence-electron chi connectivity index (χ3n) is 4.40. The van der Waals surface area contributed by atoms with E-state index in [2.05, 4.69) is 27.6 Å². The summed E-state index contributed by atoms with van der Waals surface area (Å²) in [5.74, 6) is 0.446. The highest BCUT2D eigenvalue weighted by atomic mass is 127. The summed E-state index contributed by atoms with van der Waals surface area (Å²) < 4.78 is 2.40. The molecule has 29 heavy (non-hydrogen) atoms. The summed E-state index contributed by atoms with van der Waals surface area (Å²) in [4.78, 5) is 28.4. The van der Waals surface area contributed by atoms with E-state index in [-0.39, 0.29) is 11.2 Å². The van der Waals surface area contributed by atoms with Crippen molar-refractivity contribution in [1.29, 1.82) is 0 Å². The van der Waals surface area contributed by atoms with Gasteiger partial charge in [-0.25, -0.2) is 4.98 Å². The number of fused-ring (bicyclic) bond motifs is 1. The Morgan fingerprint density at radius 2 is 1.69 bits per heavy atom. The maximum absolute atomic E-state index is 13.3. The summed E-state index contributed by atoms with van der Waals surface area (Å²) in [5, 5.41) is 11.5. The Balaban J connectivity index is 1.94. The van der Waals surface area contributed by atoms with Gasteiger partial charge in [0.05, 0.1) is 21.5 Å². The van der Waals surface area contributed by atoms with Crippen LogP contribution < -0.4 is 5.56 Å². The van der Waals surface area contributed by atoms with Crippen LogP contribution in [0.2, 0.25) is 0 Å². The van der Waals surface area contributed by atoms with Gasteiger partial charge in [-0.1, -0.05) is 36.4 Å². The molecule has 0 aliphatic heterocycles. The maximum atomic E-state index is 13.3. The van der Waals surface area contributed by atoms with Crippen LogP contribution >= 0.6 is 22.6 Å². The molecule has 6 nitrogen and oxygen atoms in total. The summed E-state index contributed by atoms with van der Waals surface area (Å²) in [6.45, 7) is 0. The predicted octanol–water partition coefficient (Wildman–Crippen LogP) is 5.07. The maximum Gasteiger partial charge on any atom is 0.269 e. The number of non-ortho nitro benzene ring substituents is 1. The quantitative estimate of drug-likeness (QED) is 0.225. The first-order valence-corrected chi connectivity index (χ1v) is 9.81. The van der Waals surface area contributed by atoms with E-state index in [1.807, 2.05) is 48.5 Å². The SMILES string of the molecule is O=c1c2cc(I)ccc2nc(/C=C/c2ccccc2)n1-c1ccc([N+](=O)[O-])cc1. The van der Waals surface area contributed by atoms with Crippen molar-refractivity contribution in [3.05, 3.63) is 108 Å². The number of rotatable bonds is 4. The lowest BCUT2D eigenvalue weighted by Gasteiger charge is -2.11. The average Bonchev–Trinajstić information content (AvgIpc) is 2.74. The topological polar surface area (TPSA) is 78.0 Å². The van der Waals surface area contributed by atoms with Crippen molar-refractivity contribution in [1.82, 2.24) is 9.55 Å². The molecular weight excluding hydrogens is 481 g/mol. The molecule has 0 saturated heterocycles. The number of hydrogen-bond acceptors (Lipinski definition) is 4. The van der Waals surface area contributed by atoms with E-state index >= 15 is 0 Å². The summed E-state index contributed by atoms with van der Waals surface area (Å²) in [6, 6.07) is 21.1.